The summed E-state index contributed by atoms with van der Waals surface area (Å²) in [5.74, 6) is -1.96. The van der Waals surface area contributed by atoms with Crippen LogP contribution in [0.3, 0.4) is 0 Å². The highest BCUT2D eigenvalue weighted by Crippen LogP contribution is 2.33. The van der Waals surface area contributed by atoms with Crippen molar-refractivity contribution in [2.75, 3.05) is 16.3 Å². The summed E-state index contributed by atoms with van der Waals surface area (Å²) in [5.41, 5.74) is -1.64. The number of nitrogens with zero attached hydrogens (tertiary/aromatic N) is 3. The molecule has 0 unspecified atom stereocenters. The van der Waals surface area contributed by atoms with E-state index < -0.39 is 44.5 Å². The zero-order valence-electron chi connectivity index (χ0n) is 20.1. The number of nitrogens with one attached hydrogen (secondary N) is 2. The van der Waals surface area contributed by atoms with E-state index in [2.05, 4.69) is 15.1 Å². The molecule has 2 aromatic carbocycles. The van der Waals surface area contributed by atoms with Crippen LogP contribution in [0, 0.1) is 15.2 Å². The minimum Gasteiger partial charge on any atom is -0.350 e. The van der Waals surface area contributed by atoms with E-state index in [1.54, 1.807) is 32.0 Å². The van der Waals surface area contributed by atoms with E-state index in [0.717, 1.165) is 15.5 Å². The van der Waals surface area contributed by atoms with Gasteiger partial charge in [-0.2, -0.15) is 9.49 Å². The van der Waals surface area contributed by atoms with Gasteiger partial charge in [0.15, 0.2) is 0 Å². The van der Waals surface area contributed by atoms with Gasteiger partial charge in [-0.25, -0.2) is 17.5 Å². The number of anilines is 3. The molecule has 2 aromatic heterocycles. The van der Waals surface area contributed by atoms with Gasteiger partial charge in [0.05, 0.1) is 34.6 Å². The molecule has 0 aliphatic carbocycles. The third-order valence-corrected chi connectivity index (χ3v) is 6.78. The van der Waals surface area contributed by atoms with Gasteiger partial charge in [-0.1, -0.05) is 12.1 Å². The Morgan fingerprint density at radius 2 is 1.76 bits per heavy atom. The summed E-state index contributed by atoms with van der Waals surface area (Å²) < 4.78 is 58.7. The number of aryl methyl sites for hydroxylation is 1. The molecule has 0 aliphatic heterocycles. The Morgan fingerprint density at radius 1 is 1.05 bits per heavy atom. The Morgan fingerprint density at radius 3 is 2.38 bits per heavy atom. The summed E-state index contributed by atoms with van der Waals surface area (Å²) in [6.07, 6.45) is 1.00. The van der Waals surface area contributed by atoms with Crippen molar-refractivity contribution in [1.82, 2.24) is 14.3 Å². The van der Waals surface area contributed by atoms with E-state index in [1.165, 1.54) is 31.3 Å². The van der Waals surface area contributed by atoms with Crippen molar-refractivity contribution in [3.8, 4) is 11.3 Å². The number of halogens is 3. The number of hydrogen-bond donors (Lipinski definition) is 2. The number of fused-ring (bicyclic) bond motifs is 1. The van der Waals surface area contributed by atoms with Crippen LogP contribution in [0.4, 0.5) is 25.8 Å². The fraction of sp³-hybridized carbons (Fsp3) is 0.208. The van der Waals surface area contributed by atoms with Crippen LogP contribution in [0.5, 0.6) is 0 Å². The molecule has 0 fully saturated rings. The molecule has 194 valence electrons. The lowest BCUT2D eigenvalue weighted by molar-refractivity contribution is 0.508. The average molecular weight is 641 g/mol. The van der Waals surface area contributed by atoms with Crippen LogP contribution >= 0.6 is 22.6 Å². The van der Waals surface area contributed by atoms with Gasteiger partial charge in [-0.15, -0.1) is 0 Å². The van der Waals surface area contributed by atoms with Gasteiger partial charge in [-0.3, -0.25) is 14.3 Å². The summed E-state index contributed by atoms with van der Waals surface area (Å²) in [6, 6.07) is 9.93. The first kappa shape index (κ1) is 26.7. The summed E-state index contributed by atoms with van der Waals surface area (Å²) in [4.78, 5) is 26.5. The predicted molar refractivity (Wildman–Crippen MR) is 148 cm³/mol. The molecule has 9 nitrogen and oxygen atoms in total. The van der Waals surface area contributed by atoms with Gasteiger partial charge in [0, 0.05) is 21.9 Å². The highest BCUT2D eigenvalue weighted by molar-refractivity contribution is 14.1. The Kier molecular flexibility index (Phi) is 7.12. The molecule has 2 heterocycles. The van der Waals surface area contributed by atoms with Gasteiger partial charge in [0.1, 0.15) is 11.5 Å². The molecule has 0 spiro atoms. The van der Waals surface area contributed by atoms with Crippen LogP contribution in [0.25, 0.3) is 22.2 Å². The average Bonchev–Trinajstić information content (AvgIpc) is 2.80. The van der Waals surface area contributed by atoms with Crippen molar-refractivity contribution in [1.29, 1.82) is 0 Å². The summed E-state index contributed by atoms with van der Waals surface area (Å²) in [5, 5.41) is 6.86. The lowest BCUT2D eigenvalue weighted by atomic mass is 10.1. The second kappa shape index (κ2) is 9.85. The second-order valence-electron chi connectivity index (χ2n) is 8.67. The first-order valence-corrected chi connectivity index (χ1v) is 13.9. The molecule has 37 heavy (non-hydrogen) atoms. The van der Waals surface area contributed by atoms with Crippen molar-refractivity contribution in [2.24, 2.45) is 7.05 Å². The summed E-state index contributed by atoms with van der Waals surface area (Å²) in [6.45, 7) is 3.41. The normalized spacial score (nSPS) is 11.8. The van der Waals surface area contributed by atoms with Crippen LogP contribution in [-0.2, 0) is 17.1 Å². The van der Waals surface area contributed by atoms with E-state index in [-0.39, 0.29) is 28.0 Å². The SMILES string of the molecule is CC(C)n1nc(-c2cccc(NS(C)(=O)=O)c2)c2c(c(Nc3ccc(I)cc3F)c(F)c(=O)n2C)c1=O. The van der Waals surface area contributed by atoms with Gasteiger partial charge < -0.3 is 9.88 Å². The Bertz CT molecular complexity index is 1790. The number of sulfonamides is 1. The molecule has 4 aromatic rings. The Labute approximate surface area is 224 Å². The van der Waals surface area contributed by atoms with Gasteiger partial charge in [0.25, 0.3) is 11.1 Å². The van der Waals surface area contributed by atoms with Crippen molar-refractivity contribution in [2.45, 2.75) is 19.9 Å². The van der Waals surface area contributed by atoms with E-state index in [9.17, 15) is 22.4 Å². The molecule has 0 saturated carbocycles. The molecular weight excluding hydrogens is 619 g/mol. The zero-order valence-corrected chi connectivity index (χ0v) is 23.1. The predicted octanol–water partition coefficient (Wildman–Crippen LogP) is 4.34. The molecule has 4 rings (SSSR count). The van der Waals surface area contributed by atoms with Crippen molar-refractivity contribution in [3.63, 3.8) is 0 Å². The summed E-state index contributed by atoms with van der Waals surface area (Å²) >= 11 is 1.92. The third-order valence-electron chi connectivity index (χ3n) is 5.51. The van der Waals surface area contributed by atoms with Gasteiger partial charge in [0.2, 0.25) is 15.8 Å². The largest absolute Gasteiger partial charge is 0.350 e. The maximum atomic E-state index is 15.4. The quantitative estimate of drug-likeness (QED) is 0.303. The molecule has 0 saturated heterocycles. The topological polar surface area (TPSA) is 115 Å². The molecule has 0 bridgehead atoms. The number of benzene rings is 2. The standard InChI is InChI=1S/C24H22F2IN5O4S/c1-12(2)32-23(33)18-21(28-17-9-8-14(27)11-16(17)25)19(26)24(34)31(3)22(18)20(29-32)13-6-5-7-15(10-13)30-37(4,35)36/h5-12,28,30H,1-4H3. The Balaban J connectivity index is 2.12. The summed E-state index contributed by atoms with van der Waals surface area (Å²) in [7, 11) is -2.29. The van der Waals surface area contributed by atoms with E-state index >= 15 is 4.39 Å². The molecule has 2 N–H and O–H groups in total. The second-order valence-corrected chi connectivity index (χ2v) is 11.7. The van der Waals surface area contributed by atoms with Crippen molar-refractivity contribution < 1.29 is 17.2 Å². The molecule has 13 heteroatoms. The first-order valence-electron chi connectivity index (χ1n) is 10.9. The smallest absolute Gasteiger partial charge is 0.289 e. The third kappa shape index (κ3) is 5.23. The fourth-order valence-electron chi connectivity index (χ4n) is 3.88. The van der Waals surface area contributed by atoms with Crippen LogP contribution in [0.15, 0.2) is 52.1 Å². The lowest BCUT2D eigenvalue weighted by Crippen LogP contribution is -2.31. The lowest BCUT2D eigenvalue weighted by Gasteiger charge is -2.19. The highest BCUT2D eigenvalue weighted by Gasteiger charge is 2.25. The number of aromatic nitrogens is 3. The molecule has 0 atom stereocenters. The molecule has 0 aliphatic rings. The fourth-order valence-corrected chi connectivity index (χ4v) is 4.89. The molecule has 0 radical (unpaired) electrons. The van der Waals surface area contributed by atoms with Crippen molar-refractivity contribution >= 4 is 60.6 Å². The van der Waals surface area contributed by atoms with Crippen LogP contribution < -0.4 is 21.2 Å². The first-order chi connectivity index (χ1) is 17.3. The minimum absolute atomic E-state index is 0.00164. The zero-order chi connectivity index (χ0) is 27.2. The molecule has 0 amide bonds. The molecular formula is C24H22F2IN5O4S. The maximum Gasteiger partial charge on any atom is 0.289 e. The van der Waals surface area contributed by atoms with Crippen LogP contribution in [0.2, 0.25) is 0 Å². The van der Waals surface area contributed by atoms with E-state index in [0.29, 0.717) is 9.13 Å². The van der Waals surface area contributed by atoms with Crippen LogP contribution in [-0.4, -0.2) is 29.0 Å². The maximum absolute atomic E-state index is 15.4. The minimum atomic E-state index is -3.59. The number of hydrogen-bond acceptors (Lipinski definition) is 6. The Hall–Kier alpha value is -3.33. The van der Waals surface area contributed by atoms with Crippen LogP contribution in [0.1, 0.15) is 19.9 Å². The number of rotatable bonds is 6. The van der Waals surface area contributed by atoms with E-state index in [1.807, 2.05) is 22.6 Å². The van der Waals surface area contributed by atoms with Crippen molar-refractivity contribution in [3.05, 3.63) is 78.4 Å². The highest BCUT2D eigenvalue weighted by atomic mass is 127. The number of pyridine rings is 1. The van der Waals surface area contributed by atoms with Gasteiger partial charge in [-0.05, 0) is 66.8 Å². The van der Waals surface area contributed by atoms with E-state index in [4.69, 9.17) is 0 Å². The van der Waals surface area contributed by atoms with Gasteiger partial charge >= 0.3 is 0 Å². The monoisotopic (exact) mass is 641 g/mol.